The quantitative estimate of drug-likeness (QED) is 0.470. The molecule has 1 fully saturated rings. The van der Waals surface area contributed by atoms with Gasteiger partial charge in [-0.3, -0.25) is 4.90 Å². The van der Waals surface area contributed by atoms with E-state index in [1.54, 1.807) is 20.2 Å². The van der Waals surface area contributed by atoms with Gasteiger partial charge in [0.25, 0.3) is 0 Å². The lowest BCUT2D eigenvalue weighted by Gasteiger charge is -2.27. The third kappa shape index (κ3) is 4.55. The molecule has 0 atom stereocenters. The molecule has 1 aliphatic heterocycles. The number of hydrogen-bond donors (Lipinski definition) is 2. The fourth-order valence-corrected chi connectivity index (χ4v) is 4.40. The standard InChI is InChI=1S/C27H30N4O2/c1-18-14-20(4-5-21(18)16-31-10-12-33-13-11-31)25-23-15-24(30-26(23)29-17-28-25)19-6-8-22(9-7-19)27(2,3)32/h4-9,14-15,17,32H,10-13,16H2,1-3H3,(H,28,29,30). The number of nitrogens with one attached hydrogen (secondary N) is 1. The zero-order chi connectivity index (χ0) is 23.0. The van der Waals surface area contributed by atoms with Crippen LogP contribution < -0.4 is 0 Å². The Balaban J connectivity index is 1.45. The van der Waals surface area contributed by atoms with Crippen LogP contribution in [0.25, 0.3) is 33.5 Å². The van der Waals surface area contributed by atoms with E-state index >= 15 is 0 Å². The molecular weight excluding hydrogens is 412 g/mol. The van der Waals surface area contributed by atoms with Gasteiger partial charge in [-0.15, -0.1) is 0 Å². The van der Waals surface area contributed by atoms with Gasteiger partial charge in [0.15, 0.2) is 0 Å². The van der Waals surface area contributed by atoms with Crippen molar-refractivity contribution in [2.45, 2.75) is 32.9 Å². The van der Waals surface area contributed by atoms with E-state index in [2.05, 4.69) is 51.0 Å². The molecule has 0 unspecified atom stereocenters. The molecule has 0 amide bonds. The number of fused-ring (bicyclic) bond motifs is 1. The lowest BCUT2D eigenvalue weighted by Crippen LogP contribution is -2.35. The molecule has 0 radical (unpaired) electrons. The fraction of sp³-hybridized carbons (Fsp3) is 0.333. The van der Waals surface area contributed by atoms with Crippen LogP contribution in [0.3, 0.4) is 0 Å². The lowest BCUT2D eigenvalue weighted by atomic mass is 9.97. The maximum atomic E-state index is 10.2. The summed E-state index contributed by atoms with van der Waals surface area (Å²) >= 11 is 0. The van der Waals surface area contributed by atoms with E-state index in [-0.39, 0.29) is 0 Å². The summed E-state index contributed by atoms with van der Waals surface area (Å²) in [6, 6.07) is 16.7. The van der Waals surface area contributed by atoms with Gasteiger partial charge in [0.05, 0.1) is 24.5 Å². The Bertz CT molecular complexity index is 1270. The van der Waals surface area contributed by atoms with Crippen LogP contribution in [-0.4, -0.2) is 51.3 Å². The van der Waals surface area contributed by atoms with Gasteiger partial charge in [-0.2, -0.15) is 0 Å². The van der Waals surface area contributed by atoms with Gasteiger partial charge >= 0.3 is 0 Å². The van der Waals surface area contributed by atoms with E-state index in [0.29, 0.717) is 0 Å². The topological polar surface area (TPSA) is 74.3 Å². The van der Waals surface area contributed by atoms with E-state index in [1.165, 1.54) is 11.1 Å². The van der Waals surface area contributed by atoms with Crippen LogP contribution in [0, 0.1) is 6.92 Å². The number of aromatic nitrogens is 3. The van der Waals surface area contributed by atoms with Crippen molar-refractivity contribution in [3.05, 3.63) is 71.5 Å². The van der Waals surface area contributed by atoms with Crippen molar-refractivity contribution in [3.63, 3.8) is 0 Å². The van der Waals surface area contributed by atoms with Gasteiger partial charge in [-0.1, -0.05) is 36.4 Å². The molecule has 6 nitrogen and oxygen atoms in total. The van der Waals surface area contributed by atoms with Crippen molar-refractivity contribution in [3.8, 4) is 22.5 Å². The van der Waals surface area contributed by atoms with Gasteiger partial charge in [0.2, 0.25) is 0 Å². The second-order valence-electron chi connectivity index (χ2n) is 9.33. The number of ether oxygens (including phenoxy) is 1. The highest BCUT2D eigenvalue weighted by atomic mass is 16.5. The van der Waals surface area contributed by atoms with Gasteiger partial charge in [0, 0.05) is 36.3 Å². The molecule has 170 valence electrons. The molecule has 1 saturated heterocycles. The van der Waals surface area contributed by atoms with Crippen LogP contribution in [0.4, 0.5) is 0 Å². The van der Waals surface area contributed by atoms with Crippen LogP contribution >= 0.6 is 0 Å². The minimum atomic E-state index is -0.858. The Morgan fingerprint density at radius 2 is 1.73 bits per heavy atom. The molecule has 0 bridgehead atoms. The highest BCUT2D eigenvalue weighted by molar-refractivity contribution is 5.94. The fourth-order valence-electron chi connectivity index (χ4n) is 4.40. The molecule has 33 heavy (non-hydrogen) atoms. The summed E-state index contributed by atoms with van der Waals surface area (Å²) in [4.78, 5) is 15.0. The number of aryl methyl sites for hydroxylation is 1. The maximum absolute atomic E-state index is 10.2. The van der Waals surface area contributed by atoms with Gasteiger partial charge in [-0.05, 0) is 55.2 Å². The Kier molecular flexibility index (Phi) is 5.74. The Morgan fingerprint density at radius 1 is 1.00 bits per heavy atom. The van der Waals surface area contributed by atoms with Crippen molar-refractivity contribution >= 4 is 11.0 Å². The molecule has 0 spiro atoms. The van der Waals surface area contributed by atoms with E-state index in [9.17, 15) is 5.11 Å². The molecular formula is C27H30N4O2. The Hall–Kier alpha value is -3.06. The van der Waals surface area contributed by atoms with E-state index in [1.807, 2.05) is 24.3 Å². The molecule has 2 N–H and O–H groups in total. The van der Waals surface area contributed by atoms with Crippen molar-refractivity contribution < 1.29 is 9.84 Å². The Morgan fingerprint density at radius 3 is 2.42 bits per heavy atom. The summed E-state index contributed by atoms with van der Waals surface area (Å²) in [7, 11) is 0. The molecule has 6 heteroatoms. The van der Waals surface area contributed by atoms with E-state index in [4.69, 9.17) is 4.74 Å². The maximum Gasteiger partial charge on any atom is 0.141 e. The van der Waals surface area contributed by atoms with Crippen LogP contribution in [-0.2, 0) is 16.9 Å². The zero-order valence-corrected chi connectivity index (χ0v) is 19.4. The summed E-state index contributed by atoms with van der Waals surface area (Å²) in [6.45, 7) is 10.3. The van der Waals surface area contributed by atoms with Gasteiger partial charge < -0.3 is 14.8 Å². The Labute approximate surface area is 194 Å². The van der Waals surface area contributed by atoms with Gasteiger partial charge in [0.1, 0.15) is 12.0 Å². The summed E-state index contributed by atoms with van der Waals surface area (Å²) in [5, 5.41) is 11.2. The van der Waals surface area contributed by atoms with Crippen molar-refractivity contribution in [1.29, 1.82) is 0 Å². The van der Waals surface area contributed by atoms with Crippen LogP contribution in [0.15, 0.2) is 54.9 Å². The molecule has 3 heterocycles. The minimum Gasteiger partial charge on any atom is -0.386 e. The predicted molar refractivity (Wildman–Crippen MR) is 131 cm³/mol. The molecule has 4 aromatic rings. The molecule has 1 aliphatic rings. The highest BCUT2D eigenvalue weighted by Gasteiger charge is 2.17. The first-order valence-corrected chi connectivity index (χ1v) is 11.5. The molecule has 2 aromatic carbocycles. The zero-order valence-electron chi connectivity index (χ0n) is 19.4. The average Bonchev–Trinajstić information content (AvgIpc) is 3.25. The average molecular weight is 443 g/mol. The first-order chi connectivity index (χ1) is 15.9. The number of aromatic amines is 1. The third-order valence-electron chi connectivity index (χ3n) is 6.44. The van der Waals surface area contributed by atoms with Crippen LogP contribution in [0.1, 0.15) is 30.5 Å². The highest BCUT2D eigenvalue weighted by Crippen LogP contribution is 2.32. The summed E-state index contributed by atoms with van der Waals surface area (Å²) in [6.07, 6.45) is 1.62. The number of hydrogen-bond acceptors (Lipinski definition) is 5. The number of morpholine rings is 1. The molecule has 2 aromatic heterocycles. The monoisotopic (exact) mass is 442 g/mol. The minimum absolute atomic E-state index is 0.812. The van der Waals surface area contributed by atoms with Crippen molar-refractivity contribution in [1.82, 2.24) is 19.9 Å². The summed E-state index contributed by atoms with van der Waals surface area (Å²) in [5.74, 6) is 0. The van der Waals surface area contributed by atoms with Gasteiger partial charge in [-0.25, -0.2) is 9.97 Å². The number of rotatable bonds is 5. The van der Waals surface area contributed by atoms with Crippen LogP contribution in [0.2, 0.25) is 0 Å². The second kappa shape index (κ2) is 8.71. The first kappa shape index (κ1) is 21.8. The third-order valence-corrected chi connectivity index (χ3v) is 6.44. The molecule has 5 rings (SSSR count). The number of H-pyrrole nitrogens is 1. The number of aliphatic hydroxyl groups is 1. The summed E-state index contributed by atoms with van der Waals surface area (Å²) in [5.41, 5.74) is 7.50. The van der Waals surface area contributed by atoms with Crippen molar-refractivity contribution in [2.75, 3.05) is 26.3 Å². The normalized spacial score (nSPS) is 15.3. The number of benzene rings is 2. The second-order valence-corrected chi connectivity index (χ2v) is 9.33. The summed E-state index contributed by atoms with van der Waals surface area (Å²) < 4.78 is 5.47. The predicted octanol–water partition coefficient (Wildman–Crippen LogP) is 4.66. The van der Waals surface area contributed by atoms with E-state index in [0.717, 1.165) is 72.0 Å². The smallest absolute Gasteiger partial charge is 0.141 e. The molecule has 0 saturated carbocycles. The molecule has 0 aliphatic carbocycles. The van der Waals surface area contributed by atoms with Crippen molar-refractivity contribution in [2.24, 2.45) is 0 Å². The van der Waals surface area contributed by atoms with E-state index < -0.39 is 5.60 Å². The SMILES string of the molecule is Cc1cc(-c2ncnc3[nH]c(-c4ccc(C(C)(C)O)cc4)cc23)ccc1CN1CCOCC1. The van der Waals surface area contributed by atoms with Crippen LogP contribution in [0.5, 0.6) is 0 Å². The number of nitrogens with zero attached hydrogens (tertiary/aromatic N) is 3. The largest absolute Gasteiger partial charge is 0.386 e. The first-order valence-electron chi connectivity index (χ1n) is 11.5. The lowest BCUT2D eigenvalue weighted by molar-refractivity contribution is 0.0341.